The molecule has 0 radical (unpaired) electrons. The SMILES string of the molecule is CC(C)c1cc(Br)ccc1OCc1nc(Cl)ccc1Cl. The maximum atomic E-state index is 6.08. The van der Waals surface area contributed by atoms with Gasteiger partial charge in [0, 0.05) is 4.47 Å². The van der Waals surface area contributed by atoms with Crippen molar-refractivity contribution in [1.82, 2.24) is 4.98 Å². The van der Waals surface area contributed by atoms with E-state index in [0.29, 0.717) is 28.4 Å². The quantitative estimate of drug-likeness (QED) is 0.626. The van der Waals surface area contributed by atoms with Crippen LogP contribution in [0.2, 0.25) is 10.2 Å². The second kappa shape index (κ2) is 6.79. The minimum atomic E-state index is 0.292. The lowest BCUT2D eigenvalue weighted by atomic mass is 10.0. The van der Waals surface area contributed by atoms with Crippen LogP contribution in [0.3, 0.4) is 0 Å². The first-order chi connectivity index (χ1) is 9.47. The molecule has 0 aliphatic carbocycles. The zero-order valence-electron chi connectivity index (χ0n) is 11.2. The third kappa shape index (κ3) is 3.87. The Bertz CT molecular complexity index is 617. The van der Waals surface area contributed by atoms with E-state index in [4.69, 9.17) is 27.9 Å². The van der Waals surface area contributed by atoms with E-state index >= 15 is 0 Å². The van der Waals surface area contributed by atoms with Crippen LogP contribution < -0.4 is 4.74 Å². The van der Waals surface area contributed by atoms with Crippen LogP contribution in [0.15, 0.2) is 34.8 Å². The van der Waals surface area contributed by atoms with Crippen LogP contribution in [-0.2, 0) is 6.61 Å². The molecule has 1 aromatic heterocycles. The molecule has 2 rings (SSSR count). The van der Waals surface area contributed by atoms with Gasteiger partial charge in [0.05, 0.1) is 10.7 Å². The van der Waals surface area contributed by atoms with Gasteiger partial charge < -0.3 is 4.74 Å². The van der Waals surface area contributed by atoms with Crippen molar-refractivity contribution in [1.29, 1.82) is 0 Å². The predicted molar refractivity (Wildman–Crippen MR) is 86.8 cm³/mol. The first kappa shape index (κ1) is 15.6. The predicted octanol–water partition coefficient (Wildman–Crippen LogP) is 5.85. The van der Waals surface area contributed by atoms with Crippen LogP contribution in [0.25, 0.3) is 0 Å². The van der Waals surface area contributed by atoms with Crippen molar-refractivity contribution >= 4 is 39.1 Å². The summed E-state index contributed by atoms with van der Waals surface area (Å²) in [6.45, 7) is 4.54. The first-order valence-corrected chi connectivity index (χ1v) is 7.75. The summed E-state index contributed by atoms with van der Waals surface area (Å²) in [5.41, 5.74) is 1.77. The number of rotatable bonds is 4. The number of aromatic nitrogens is 1. The summed E-state index contributed by atoms with van der Waals surface area (Å²) < 4.78 is 6.88. The Balaban J connectivity index is 2.20. The molecule has 0 fully saturated rings. The average Bonchev–Trinajstić information content (AvgIpc) is 2.40. The average molecular weight is 375 g/mol. The Kier molecular flexibility index (Phi) is 5.30. The van der Waals surface area contributed by atoms with Gasteiger partial charge in [0.1, 0.15) is 17.5 Å². The van der Waals surface area contributed by atoms with E-state index in [1.54, 1.807) is 12.1 Å². The van der Waals surface area contributed by atoms with Gasteiger partial charge in [-0.25, -0.2) is 4.98 Å². The molecule has 0 bridgehead atoms. The summed E-state index contributed by atoms with van der Waals surface area (Å²) in [6.07, 6.45) is 0. The molecule has 0 spiro atoms. The molecule has 1 heterocycles. The van der Waals surface area contributed by atoms with Gasteiger partial charge in [-0.2, -0.15) is 0 Å². The van der Waals surface area contributed by atoms with Gasteiger partial charge >= 0.3 is 0 Å². The van der Waals surface area contributed by atoms with Crippen LogP contribution in [0.1, 0.15) is 31.0 Å². The van der Waals surface area contributed by atoms with Gasteiger partial charge in [-0.15, -0.1) is 0 Å². The molecular weight excluding hydrogens is 361 g/mol. The lowest BCUT2D eigenvalue weighted by molar-refractivity contribution is 0.297. The molecule has 1 aromatic carbocycles. The second-order valence-corrected chi connectivity index (χ2v) is 6.40. The molecule has 0 unspecified atom stereocenters. The van der Waals surface area contributed by atoms with E-state index in [1.807, 2.05) is 12.1 Å². The van der Waals surface area contributed by atoms with E-state index in [0.717, 1.165) is 15.8 Å². The monoisotopic (exact) mass is 373 g/mol. The number of ether oxygens (including phenoxy) is 1. The summed E-state index contributed by atoms with van der Waals surface area (Å²) in [5.74, 6) is 1.20. The molecule has 0 N–H and O–H groups in total. The van der Waals surface area contributed by atoms with E-state index in [9.17, 15) is 0 Å². The van der Waals surface area contributed by atoms with Gasteiger partial charge in [0.2, 0.25) is 0 Å². The zero-order valence-corrected chi connectivity index (χ0v) is 14.3. The second-order valence-electron chi connectivity index (χ2n) is 4.69. The summed E-state index contributed by atoms with van der Waals surface area (Å²) in [5, 5.41) is 0.963. The van der Waals surface area contributed by atoms with Gasteiger partial charge in [0.15, 0.2) is 0 Å². The van der Waals surface area contributed by atoms with Crippen molar-refractivity contribution in [3.05, 3.63) is 56.2 Å². The number of hydrogen-bond donors (Lipinski definition) is 0. The van der Waals surface area contributed by atoms with Crippen LogP contribution in [0, 0.1) is 0 Å². The fourth-order valence-electron chi connectivity index (χ4n) is 1.81. The highest BCUT2D eigenvalue weighted by Gasteiger charge is 2.10. The molecule has 20 heavy (non-hydrogen) atoms. The topological polar surface area (TPSA) is 22.1 Å². The Morgan fingerprint density at radius 2 is 1.95 bits per heavy atom. The van der Waals surface area contributed by atoms with Crippen molar-refractivity contribution in [3.8, 4) is 5.75 Å². The van der Waals surface area contributed by atoms with Gasteiger partial charge in [-0.1, -0.05) is 53.0 Å². The van der Waals surface area contributed by atoms with E-state index in [2.05, 4.69) is 40.8 Å². The summed E-state index contributed by atoms with van der Waals surface area (Å²) >= 11 is 15.4. The van der Waals surface area contributed by atoms with Gasteiger partial charge in [0.25, 0.3) is 0 Å². The van der Waals surface area contributed by atoms with E-state index < -0.39 is 0 Å². The maximum Gasteiger partial charge on any atom is 0.132 e. The van der Waals surface area contributed by atoms with Crippen molar-refractivity contribution in [2.45, 2.75) is 26.4 Å². The number of pyridine rings is 1. The highest BCUT2D eigenvalue weighted by Crippen LogP contribution is 2.30. The van der Waals surface area contributed by atoms with Crippen LogP contribution >= 0.6 is 39.1 Å². The molecule has 5 heteroatoms. The molecule has 106 valence electrons. The summed E-state index contributed by atoms with van der Waals surface area (Å²) in [6, 6.07) is 9.34. The molecule has 2 nitrogen and oxygen atoms in total. The highest BCUT2D eigenvalue weighted by atomic mass is 79.9. The Hall–Kier alpha value is -0.770. The third-order valence-corrected chi connectivity index (χ3v) is 3.89. The number of benzene rings is 1. The maximum absolute atomic E-state index is 6.08. The lowest BCUT2D eigenvalue weighted by Gasteiger charge is -2.14. The molecular formula is C15H14BrCl2NO. The van der Waals surface area contributed by atoms with E-state index in [1.165, 1.54) is 0 Å². The first-order valence-electron chi connectivity index (χ1n) is 6.20. The molecule has 0 saturated carbocycles. The summed E-state index contributed by atoms with van der Waals surface area (Å²) in [4.78, 5) is 4.18. The van der Waals surface area contributed by atoms with Crippen LogP contribution in [-0.4, -0.2) is 4.98 Å². The Labute approximate surface area is 137 Å². The minimum Gasteiger partial charge on any atom is -0.487 e. The van der Waals surface area contributed by atoms with Gasteiger partial charge in [-0.05, 0) is 41.8 Å². The van der Waals surface area contributed by atoms with E-state index in [-0.39, 0.29) is 0 Å². The van der Waals surface area contributed by atoms with Crippen molar-refractivity contribution in [3.63, 3.8) is 0 Å². The molecule has 0 amide bonds. The molecule has 0 atom stereocenters. The molecule has 0 aliphatic rings. The number of nitrogens with zero attached hydrogens (tertiary/aromatic N) is 1. The minimum absolute atomic E-state index is 0.292. The fourth-order valence-corrected chi connectivity index (χ4v) is 2.51. The largest absolute Gasteiger partial charge is 0.487 e. The highest BCUT2D eigenvalue weighted by molar-refractivity contribution is 9.10. The Morgan fingerprint density at radius 3 is 2.65 bits per heavy atom. The number of hydrogen-bond acceptors (Lipinski definition) is 2. The third-order valence-electron chi connectivity index (χ3n) is 2.84. The van der Waals surface area contributed by atoms with Crippen molar-refractivity contribution in [2.24, 2.45) is 0 Å². The van der Waals surface area contributed by atoms with Crippen LogP contribution in [0.5, 0.6) is 5.75 Å². The smallest absolute Gasteiger partial charge is 0.132 e. The van der Waals surface area contributed by atoms with Crippen LogP contribution in [0.4, 0.5) is 0 Å². The van der Waals surface area contributed by atoms with Crippen molar-refractivity contribution < 1.29 is 4.74 Å². The molecule has 0 aliphatic heterocycles. The lowest BCUT2D eigenvalue weighted by Crippen LogP contribution is -2.02. The molecule has 0 saturated heterocycles. The number of halogens is 3. The molecule has 2 aromatic rings. The normalized spacial score (nSPS) is 10.9. The van der Waals surface area contributed by atoms with Crippen molar-refractivity contribution in [2.75, 3.05) is 0 Å². The fraction of sp³-hybridized carbons (Fsp3) is 0.267. The zero-order chi connectivity index (χ0) is 14.7. The Morgan fingerprint density at radius 1 is 1.20 bits per heavy atom. The summed E-state index contributed by atoms with van der Waals surface area (Å²) in [7, 11) is 0. The standard InChI is InChI=1S/C15H14BrCl2NO/c1-9(2)11-7-10(16)3-5-14(11)20-8-13-12(17)4-6-15(18)19-13/h3-7,9H,8H2,1-2H3. The van der Waals surface area contributed by atoms with Gasteiger partial charge in [-0.3, -0.25) is 0 Å².